The van der Waals surface area contributed by atoms with Crippen molar-refractivity contribution < 1.29 is 9.53 Å². The molecule has 0 N–H and O–H groups in total. The summed E-state index contributed by atoms with van der Waals surface area (Å²) in [7, 11) is 0. The minimum Gasteiger partial charge on any atom is -0.378 e. The molecule has 5 heteroatoms. The molecule has 2 saturated heterocycles. The summed E-state index contributed by atoms with van der Waals surface area (Å²) < 4.78 is 5.57. The Morgan fingerprint density at radius 1 is 1.50 bits per heavy atom. The summed E-state index contributed by atoms with van der Waals surface area (Å²) in [5.74, 6) is 0.686. The predicted molar refractivity (Wildman–Crippen MR) is 79.0 cm³/mol. The van der Waals surface area contributed by atoms with Crippen molar-refractivity contribution in [2.75, 3.05) is 19.7 Å². The van der Waals surface area contributed by atoms with E-state index in [0.29, 0.717) is 12.3 Å². The molecule has 0 aromatic carbocycles. The molecule has 1 aromatic heterocycles. The van der Waals surface area contributed by atoms with Crippen molar-refractivity contribution in [1.82, 2.24) is 9.88 Å². The largest absolute Gasteiger partial charge is 0.378 e. The van der Waals surface area contributed by atoms with Crippen LogP contribution in [0.2, 0.25) is 0 Å². The number of likely N-dealkylation sites (tertiary alicyclic amines) is 1. The third kappa shape index (κ3) is 3.20. The number of nitrogens with zero attached hydrogens (tertiary/aromatic N) is 2. The second kappa shape index (κ2) is 6.22. The molecule has 0 radical (unpaired) electrons. The Hall–Kier alpha value is -0.940. The molecular formula is C15H22N2O2S. The highest BCUT2D eigenvalue weighted by Crippen LogP contribution is 2.29. The zero-order chi connectivity index (χ0) is 13.9. The Labute approximate surface area is 124 Å². The molecule has 3 rings (SSSR count). The molecule has 3 heterocycles. The lowest BCUT2D eigenvalue weighted by molar-refractivity contribution is -0.134. The van der Waals surface area contributed by atoms with Crippen LogP contribution >= 0.6 is 11.3 Å². The zero-order valence-electron chi connectivity index (χ0n) is 12.0. The Kier molecular flexibility index (Phi) is 4.36. The van der Waals surface area contributed by atoms with Gasteiger partial charge in [0.15, 0.2) is 0 Å². The van der Waals surface area contributed by atoms with Crippen LogP contribution < -0.4 is 0 Å². The highest BCUT2D eigenvalue weighted by molar-refractivity contribution is 7.09. The number of aromatic nitrogens is 1. The van der Waals surface area contributed by atoms with Crippen LogP contribution in [0.25, 0.3) is 0 Å². The lowest BCUT2D eigenvalue weighted by Crippen LogP contribution is -2.40. The van der Waals surface area contributed by atoms with E-state index in [0.717, 1.165) is 51.1 Å². The van der Waals surface area contributed by atoms with E-state index in [4.69, 9.17) is 4.74 Å². The second-order valence-electron chi connectivity index (χ2n) is 5.85. The average Bonchev–Trinajstić information content (AvgIpc) is 3.10. The van der Waals surface area contributed by atoms with Crippen LogP contribution in [-0.2, 0) is 9.53 Å². The number of piperidine rings is 1. The van der Waals surface area contributed by atoms with Crippen LogP contribution in [0.5, 0.6) is 0 Å². The fourth-order valence-corrected chi connectivity index (χ4v) is 4.02. The Morgan fingerprint density at radius 3 is 3.10 bits per heavy atom. The monoisotopic (exact) mass is 294 g/mol. The summed E-state index contributed by atoms with van der Waals surface area (Å²) in [4.78, 5) is 19.0. The van der Waals surface area contributed by atoms with Crippen molar-refractivity contribution in [3.63, 3.8) is 0 Å². The van der Waals surface area contributed by atoms with E-state index in [1.165, 1.54) is 5.01 Å². The highest BCUT2D eigenvalue weighted by atomic mass is 32.1. The van der Waals surface area contributed by atoms with E-state index in [-0.39, 0.29) is 12.0 Å². The third-order valence-corrected chi connectivity index (χ3v) is 5.31. The smallest absolute Gasteiger partial charge is 0.225 e. The van der Waals surface area contributed by atoms with Gasteiger partial charge >= 0.3 is 0 Å². The summed E-state index contributed by atoms with van der Waals surface area (Å²) in [6.07, 6.45) is 5.08. The van der Waals surface area contributed by atoms with E-state index >= 15 is 0 Å². The number of carbonyl (C=O) groups excluding carboxylic acids is 1. The first-order chi connectivity index (χ1) is 9.72. The van der Waals surface area contributed by atoms with Crippen LogP contribution in [-0.4, -0.2) is 41.6 Å². The van der Waals surface area contributed by atoms with Gasteiger partial charge in [-0.05, 0) is 32.6 Å². The fourth-order valence-electron chi connectivity index (χ4n) is 3.09. The van der Waals surface area contributed by atoms with Gasteiger partial charge < -0.3 is 9.64 Å². The molecule has 20 heavy (non-hydrogen) atoms. The molecule has 1 amide bonds. The number of ether oxygens (including phenoxy) is 1. The molecule has 2 fully saturated rings. The summed E-state index contributed by atoms with van der Waals surface area (Å²) in [5.41, 5.74) is 1.09. The van der Waals surface area contributed by atoms with Crippen molar-refractivity contribution in [1.29, 1.82) is 0 Å². The van der Waals surface area contributed by atoms with Gasteiger partial charge in [-0.15, -0.1) is 11.3 Å². The molecular weight excluding hydrogens is 272 g/mol. The van der Waals surface area contributed by atoms with Crippen LogP contribution in [0.4, 0.5) is 0 Å². The molecule has 2 unspecified atom stereocenters. The summed E-state index contributed by atoms with van der Waals surface area (Å²) in [6.45, 7) is 4.58. The first-order valence-electron chi connectivity index (χ1n) is 7.54. The predicted octanol–water partition coefficient (Wildman–Crippen LogP) is 2.73. The highest BCUT2D eigenvalue weighted by Gasteiger charge is 2.28. The Balaban J connectivity index is 1.58. The number of aryl methyl sites for hydroxylation is 1. The van der Waals surface area contributed by atoms with Crippen molar-refractivity contribution in [2.45, 2.75) is 51.0 Å². The summed E-state index contributed by atoms with van der Waals surface area (Å²) >= 11 is 1.73. The normalized spacial score (nSPS) is 26.9. The maximum absolute atomic E-state index is 12.4. The molecule has 4 nitrogen and oxygen atoms in total. The molecule has 2 aliphatic rings. The molecule has 0 aliphatic carbocycles. The number of thiazole rings is 1. The second-order valence-corrected chi connectivity index (χ2v) is 6.73. The van der Waals surface area contributed by atoms with Gasteiger partial charge in [0.25, 0.3) is 0 Å². The minimum absolute atomic E-state index is 0.157. The lowest BCUT2D eigenvalue weighted by Gasteiger charge is -2.32. The number of rotatable bonds is 3. The van der Waals surface area contributed by atoms with E-state index in [9.17, 15) is 4.79 Å². The van der Waals surface area contributed by atoms with Crippen molar-refractivity contribution >= 4 is 17.2 Å². The van der Waals surface area contributed by atoms with Gasteiger partial charge in [0, 0.05) is 36.7 Å². The Bertz CT molecular complexity index is 468. The molecule has 1 aromatic rings. The van der Waals surface area contributed by atoms with Gasteiger partial charge in [-0.2, -0.15) is 0 Å². The van der Waals surface area contributed by atoms with Gasteiger partial charge in [-0.1, -0.05) is 0 Å². The fraction of sp³-hybridized carbons (Fsp3) is 0.733. The lowest BCUT2D eigenvalue weighted by atomic mass is 9.98. The standard InChI is InChI=1S/C15H22N2O2S/c1-11-10-20-15(16-11)12-4-2-6-17(9-12)14(18)8-13-5-3-7-19-13/h10,12-13H,2-9H2,1H3. The third-order valence-electron chi connectivity index (χ3n) is 4.19. The molecule has 0 spiro atoms. The number of amides is 1. The van der Waals surface area contributed by atoms with E-state index in [1.807, 2.05) is 11.8 Å². The van der Waals surface area contributed by atoms with Gasteiger partial charge in [0.05, 0.1) is 17.5 Å². The zero-order valence-corrected chi connectivity index (χ0v) is 12.8. The van der Waals surface area contributed by atoms with Gasteiger partial charge in [0.1, 0.15) is 0 Å². The van der Waals surface area contributed by atoms with Gasteiger partial charge in [-0.25, -0.2) is 4.98 Å². The van der Waals surface area contributed by atoms with Crippen molar-refractivity contribution in [3.8, 4) is 0 Å². The molecule has 0 bridgehead atoms. The molecule has 2 aliphatic heterocycles. The number of carbonyl (C=O) groups is 1. The van der Waals surface area contributed by atoms with Crippen molar-refractivity contribution in [3.05, 3.63) is 16.1 Å². The maximum Gasteiger partial charge on any atom is 0.225 e. The topological polar surface area (TPSA) is 42.4 Å². The summed E-state index contributed by atoms with van der Waals surface area (Å²) in [5, 5.41) is 3.29. The average molecular weight is 294 g/mol. The SMILES string of the molecule is Cc1csc(C2CCCN(C(=O)CC3CCCO3)C2)n1. The molecule has 0 saturated carbocycles. The first-order valence-corrected chi connectivity index (χ1v) is 8.42. The number of hydrogen-bond donors (Lipinski definition) is 0. The summed E-state index contributed by atoms with van der Waals surface area (Å²) in [6, 6.07) is 0. The van der Waals surface area contributed by atoms with Crippen LogP contribution in [0.3, 0.4) is 0 Å². The van der Waals surface area contributed by atoms with Crippen molar-refractivity contribution in [2.24, 2.45) is 0 Å². The molecule has 2 atom stereocenters. The first kappa shape index (κ1) is 14.0. The van der Waals surface area contributed by atoms with E-state index in [1.54, 1.807) is 11.3 Å². The maximum atomic E-state index is 12.4. The van der Waals surface area contributed by atoms with Crippen LogP contribution in [0.15, 0.2) is 5.38 Å². The quantitative estimate of drug-likeness (QED) is 0.861. The van der Waals surface area contributed by atoms with Gasteiger partial charge in [-0.3, -0.25) is 4.79 Å². The van der Waals surface area contributed by atoms with Gasteiger partial charge in [0.2, 0.25) is 5.91 Å². The minimum atomic E-state index is 0.157. The van der Waals surface area contributed by atoms with Crippen LogP contribution in [0, 0.1) is 6.92 Å². The van der Waals surface area contributed by atoms with E-state index < -0.39 is 0 Å². The number of hydrogen-bond acceptors (Lipinski definition) is 4. The van der Waals surface area contributed by atoms with E-state index in [2.05, 4.69) is 10.4 Å². The van der Waals surface area contributed by atoms with Crippen LogP contribution in [0.1, 0.15) is 48.7 Å². The molecule has 110 valence electrons. The Morgan fingerprint density at radius 2 is 2.40 bits per heavy atom.